The molecule has 0 aromatic heterocycles. The van der Waals surface area contributed by atoms with Crippen LogP contribution in [0.4, 0.5) is 0 Å². The molecular weight excluding hydrogens is 184 g/mol. The van der Waals surface area contributed by atoms with Gasteiger partial charge in [0.15, 0.2) is 0 Å². The van der Waals surface area contributed by atoms with E-state index in [1.807, 2.05) is 0 Å². The summed E-state index contributed by atoms with van der Waals surface area (Å²) >= 11 is 0. The Hall–Kier alpha value is -1.13. The second-order valence-corrected chi connectivity index (χ2v) is 3.17. The van der Waals surface area contributed by atoms with Crippen LogP contribution in [0.5, 0.6) is 0 Å². The van der Waals surface area contributed by atoms with Crippen LogP contribution in [-0.2, 0) is 9.63 Å². The zero-order valence-corrected chi connectivity index (χ0v) is 8.62. The average Bonchev–Trinajstić information content (AvgIpc) is 2.20. The van der Waals surface area contributed by atoms with Crippen LogP contribution in [0.15, 0.2) is 5.29 Å². The van der Waals surface area contributed by atoms with Gasteiger partial charge in [0, 0.05) is 6.42 Å². The number of unbranched alkanes of at least 4 members (excludes halogenated alkanes) is 5. The molecule has 5 heteroatoms. The molecule has 0 fully saturated rings. The van der Waals surface area contributed by atoms with E-state index < -0.39 is 5.97 Å². The SMILES string of the molecule is CCCCCCCCC(=O)ONN=O. The van der Waals surface area contributed by atoms with Crippen LogP contribution in [0.1, 0.15) is 51.9 Å². The van der Waals surface area contributed by atoms with Gasteiger partial charge in [0.25, 0.3) is 0 Å². The van der Waals surface area contributed by atoms with E-state index in [-0.39, 0.29) is 0 Å². The molecule has 14 heavy (non-hydrogen) atoms. The van der Waals surface area contributed by atoms with E-state index in [1.54, 1.807) is 5.59 Å². The lowest BCUT2D eigenvalue weighted by Gasteiger charge is -2.00. The summed E-state index contributed by atoms with van der Waals surface area (Å²) in [5.74, 6) is -0.430. The second-order valence-electron chi connectivity index (χ2n) is 3.17. The number of nitrogens with one attached hydrogen (secondary N) is 1. The van der Waals surface area contributed by atoms with Gasteiger partial charge in [-0.3, -0.25) is 0 Å². The minimum Gasteiger partial charge on any atom is -0.324 e. The Kier molecular flexibility index (Phi) is 9.15. The van der Waals surface area contributed by atoms with Crippen LogP contribution in [0.25, 0.3) is 0 Å². The first-order valence-electron chi connectivity index (χ1n) is 5.08. The molecular formula is C9H18N2O3. The molecule has 0 saturated carbocycles. The topological polar surface area (TPSA) is 67.8 Å². The van der Waals surface area contributed by atoms with Gasteiger partial charge in [0.2, 0.25) is 0 Å². The van der Waals surface area contributed by atoms with Gasteiger partial charge in [-0.15, -0.1) is 4.91 Å². The molecule has 0 atom stereocenters. The molecule has 82 valence electrons. The number of nitrogens with zero attached hydrogens (tertiary/aromatic N) is 1. The minimum absolute atomic E-state index is 0.342. The first-order valence-corrected chi connectivity index (χ1v) is 5.08. The molecule has 0 unspecified atom stereocenters. The zero-order chi connectivity index (χ0) is 10.6. The van der Waals surface area contributed by atoms with Gasteiger partial charge in [-0.25, -0.2) is 4.79 Å². The summed E-state index contributed by atoms with van der Waals surface area (Å²) in [6, 6.07) is 0. The Morgan fingerprint density at radius 2 is 1.86 bits per heavy atom. The summed E-state index contributed by atoms with van der Waals surface area (Å²) < 4.78 is 0. The van der Waals surface area contributed by atoms with Crippen molar-refractivity contribution in [3.63, 3.8) is 0 Å². The Bertz CT molecular complexity index is 162. The summed E-state index contributed by atoms with van der Waals surface area (Å²) in [5.41, 5.74) is 1.63. The molecule has 0 aromatic carbocycles. The van der Waals surface area contributed by atoms with E-state index >= 15 is 0 Å². The number of rotatable bonds is 9. The number of hydrogen-bond acceptors (Lipinski definition) is 4. The molecule has 5 nitrogen and oxygen atoms in total. The molecule has 0 aliphatic rings. The summed E-state index contributed by atoms with van der Waals surface area (Å²) in [6.07, 6.45) is 7.03. The smallest absolute Gasteiger partial charge is 0.324 e. The Labute approximate surface area is 84.1 Å². The van der Waals surface area contributed by atoms with E-state index in [0.29, 0.717) is 6.42 Å². The number of nitroso groups, excluding NO2 is 1. The van der Waals surface area contributed by atoms with Crippen molar-refractivity contribution in [2.45, 2.75) is 51.9 Å². The van der Waals surface area contributed by atoms with Crippen LogP contribution < -0.4 is 5.59 Å². The molecule has 0 rings (SSSR count). The van der Waals surface area contributed by atoms with Gasteiger partial charge >= 0.3 is 5.97 Å². The van der Waals surface area contributed by atoms with Crippen LogP contribution in [0.2, 0.25) is 0 Å². The maximum absolute atomic E-state index is 10.8. The van der Waals surface area contributed by atoms with Gasteiger partial charge in [-0.05, 0) is 6.42 Å². The van der Waals surface area contributed by atoms with Crippen molar-refractivity contribution in [3.8, 4) is 0 Å². The zero-order valence-electron chi connectivity index (χ0n) is 8.62. The Morgan fingerprint density at radius 1 is 1.21 bits per heavy atom. The lowest BCUT2D eigenvalue weighted by Crippen LogP contribution is -2.13. The van der Waals surface area contributed by atoms with Gasteiger partial charge in [-0.1, -0.05) is 44.6 Å². The Morgan fingerprint density at radius 3 is 2.50 bits per heavy atom. The molecule has 0 spiro atoms. The highest BCUT2D eigenvalue weighted by atomic mass is 16.7. The molecule has 0 aliphatic carbocycles. The van der Waals surface area contributed by atoms with Crippen molar-refractivity contribution in [3.05, 3.63) is 4.91 Å². The standard InChI is InChI=1S/C9H18N2O3/c1-2-3-4-5-6-7-8-9(12)14-11-10-13/h2-8H2,1H3,(H,11,13). The van der Waals surface area contributed by atoms with Crippen LogP contribution in [-0.4, -0.2) is 5.97 Å². The maximum Gasteiger partial charge on any atom is 0.334 e. The van der Waals surface area contributed by atoms with Crippen molar-refractivity contribution in [2.24, 2.45) is 5.29 Å². The van der Waals surface area contributed by atoms with E-state index in [2.05, 4.69) is 17.0 Å². The fourth-order valence-electron chi connectivity index (χ4n) is 1.17. The third kappa shape index (κ3) is 8.96. The molecule has 1 N–H and O–H groups in total. The van der Waals surface area contributed by atoms with Crippen molar-refractivity contribution in [2.75, 3.05) is 0 Å². The third-order valence-corrected chi connectivity index (χ3v) is 1.93. The van der Waals surface area contributed by atoms with Crippen molar-refractivity contribution in [1.82, 2.24) is 5.59 Å². The van der Waals surface area contributed by atoms with E-state index in [9.17, 15) is 9.70 Å². The highest BCUT2D eigenvalue weighted by Crippen LogP contribution is 2.06. The van der Waals surface area contributed by atoms with Gasteiger partial charge < -0.3 is 4.84 Å². The normalized spacial score (nSPS) is 9.50. The first-order chi connectivity index (χ1) is 6.81. The summed E-state index contributed by atoms with van der Waals surface area (Å²) in [4.78, 5) is 24.6. The van der Waals surface area contributed by atoms with Crippen LogP contribution in [0.3, 0.4) is 0 Å². The highest BCUT2D eigenvalue weighted by Gasteiger charge is 2.01. The monoisotopic (exact) mass is 202 g/mol. The van der Waals surface area contributed by atoms with Crippen molar-refractivity contribution < 1.29 is 9.63 Å². The predicted molar refractivity (Wildman–Crippen MR) is 53.0 cm³/mol. The molecule has 0 bridgehead atoms. The van der Waals surface area contributed by atoms with Gasteiger partial charge in [0.1, 0.15) is 0 Å². The minimum atomic E-state index is -0.430. The third-order valence-electron chi connectivity index (χ3n) is 1.93. The maximum atomic E-state index is 10.8. The molecule has 0 saturated heterocycles. The predicted octanol–water partition coefficient (Wildman–Crippen LogP) is 2.47. The summed E-state index contributed by atoms with van der Waals surface area (Å²) in [6.45, 7) is 2.16. The quantitative estimate of drug-likeness (QED) is 0.354. The fraction of sp³-hybridized carbons (Fsp3) is 0.889. The number of carbonyl (C=O) groups excluding carboxylic acids is 1. The van der Waals surface area contributed by atoms with Crippen LogP contribution in [0, 0.1) is 4.91 Å². The molecule has 0 aromatic rings. The lowest BCUT2D eigenvalue weighted by atomic mass is 10.1. The molecule has 0 amide bonds. The molecule has 0 heterocycles. The highest BCUT2D eigenvalue weighted by molar-refractivity contribution is 5.68. The molecule has 0 radical (unpaired) electrons. The van der Waals surface area contributed by atoms with Crippen molar-refractivity contribution >= 4 is 5.97 Å². The van der Waals surface area contributed by atoms with Gasteiger partial charge in [0.05, 0.1) is 5.29 Å². The summed E-state index contributed by atoms with van der Waals surface area (Å²) in [7, 11) is 0. The van der Waals surface area contributed by atoms with E-state index in [4.69, 9.17) is 0 Å². The largest absolute Gasteiger partial charge is 0.334 e. The second kappa shape index (κ2) is 9.95. The molecule has 0 aliphatic heterocycles. The fourth-order valence-corrected chi connectivity index (χ4v) is 1.17. The number of carbonyl (C=O) groups is 1. The van der Waals surface area contributed by atoms with Crippen molar-refractivity contribution in [1.29, 1.82) is 0 Å². The van der Waals surface area contributed by atoms with E-state index in [1.165, 1.54) is 19.3 Å². The Balaban J connectivity index is 3.10. The number of hydrogen-bond donors (Lipinski definition) is 1. The first kappa shape index (κ1) is 12.9. The van der Waals surface area contributed by atoms with Gasteiger partial charge in [-0.2, -0.15) is 0 Å². The van der Waals surface area contributed by atoms with Crippen LogP contribution >= 0.6 is 0 Å². The van der Waals surface area contributed by atoms with E-state index in [0.717, 1.165) is 19.3 Å². The average molecular weight is 202 g/mol. The lowest BCUT2D eigenvalue weighted by molar-refractivity contribution is -0.151. The summed E-state index contributed by atoms with van der Waals surface area (Å²) in [5, 5.41) is 2.20.